The van der Waals surface area contributed by atoms with Crippen molar-refractivity contribution in [2.75, 3.05) is 45.9 Å². The van der Waals surface area contributed by atoms with Crippen LogP contribution in [0.4, 0.5) is 0 Å². The molecule has 0 saturated carbocycles. The smallest absolute Gasteiger partial charge is 0.321 e. The van der Waals surface area contributed by atoms with Crippen LogP contribution in [0.15, 0.2) is 0 Å². The van der Waals surface area contributed by atoms with Gasteiger partial charge in [-0.1, -0.05) is 0 Å². The van der Waals surface area contributed by atoms with Crippen molar-refractivity contribution in [2.24, 2.45) is 0 Å². The quantitative estimate of drug-likeness (QED) is 0.162. The third-order valence-electron chi connectivity index (χ3n) is 2.99. The Balaban J connectivity index is 4.07. The molecule has 0 aromatic heterocycles. The minimum absolute atomic E-state index is 0.139. The zero-order chi connectivity index (χ0) is 19.2. The lowest BCUT2D eigenvalue weighted by Gasteiger charge is -2.19. The van der Waals surface area contributed by atoms with Gasteiger partial charge in [0.25, 0.3) is 0 Å². The lowest BCUT2D eigenvalue weighted by Crippen LogP contribution is -2.43. The lowest BCUT2D eigenvalue weighted by molar-refractivity contribution is -0.146. The van der Waals surface area contributed by atoms with E-state index >= 15 is 0 Å². The van der Waals surface area contributed by atoms with E-state index in [1.54, 1.807) is 6.92 Å². The largest absolute Gasteiger partial charge is 0.481 e. The normalized spacial score (nSPS) is 11.9. The highest BCUT2D eigenvalue weighted by Gasteiger charge is 2.19. The molecule has 1 unspecified atom stereocenters. The van der Waals surface area contributed by atoms with Crippen molar-refractivity contribution in [3.8, 4) is 0 Å². The van der Waals surface area contributed by atoms with Gasteiger partial charge >= 0.3 is 23.9 Å². The van der Waals surface area contributed by atoms with Crippen LogP contribution in [0.25, 0.3) is 0 Å². The van der Waals surface area contributed by atoms with E-state index in [0.717, 1.165) is 0 Å². The number of nitrogens with one attached hydrogen (secondary N) is 2. The highest BCUT2D eigenvalue weighted by atomic mass is 16.5. The summed E-state index contributed by atoms with van der Waals surface area (Å²) in [6, 6.07) is -1.17. The van der Waals surface area contributed by atoms with Gasteiger partial charge in [-0.15, -0.1) is 0 Å². The zero-order valence-corrected chi connectivity index (χ0v) is 14.1. The van der Waals surface area contributed by atoms with Crippen molar-refractivity contribution in [2.45, 2.75) is 19.4 Å². The Kier molecular flexibility index (Phi) is 11.9. The summed E-state index contributed by atoms with van der Waals surface area (Å²) < 4.78 is 4.77. The summed E-state index contributed by atoms with van der Waals surface area (Å²) >= 11 is 0. The van der Waals surface area contributed by atoms with Gasteiger partial charge in [0.1, 0.15) is 6.04 Å². The molecular weight excluding hydrogens is 338 g/mol. The fraction of sp³-hybridized carbons (Fsp3) is 0.714. The van der Waals surface area contributed by atoms with E-state index < -0.39 is 36.3 Å². The molecule has 1 atom stereocenters. The van der Waals surface area contributed by atoms with Crippen molar-refractivity contribution in [3.05, 3.63) is 0 Å². The fourth-order valence-electron chi connectivity index (χ4n) is 1.91. The number of nitrogens with zero attached hydrogens (tertiary/aromatic N) is 1. The Bertz CT molecular complexity index is 457. The van der Waals surface area contributed by atoms with Crippen LogP contribution in [0, 0.1) is 0 Å². The molecule has 0 aliphatic rings. The Morgan fingerprint density at radius 2 is 1.68 bits per heavy atom. The summed E-state index contributed by atoms with van der Waals surface area (Å²) in [6.07, 6.45) is -0.527. The molecule has 0 aliphatic heterocycles. The van der Waals surface area contributed by atoms with Gasteiger partial charge in [-0.05, 0) is 6.92 Å². The molecular formula is C14H25N3O8. The van der Waals surface area contributed by atoms with Gasteiger partial charge in [-0.2, -0.15) is 0 Å². The van der Waals surface area contributed by atoms with Crippen LogP contribution in [-0.2, 0) is 23.9 Å². The second kappa shape index (κ2) is 13.1. The first kappa shape index (κ1) is 22.8. The maximum absolute atomic E-state index is 11.4. The highest BCUT2D eigenvalue weighted by molar-refractivity contribution is 5.80. The van der Waals surface area contributed by atoms with E-state index in [1.165, 1.54) is 4.90 Å². The predicted octanol–water partition coefficient (Wildman–Crippen LogP) is -1.96. The van der Waals surface area contributed by atoms with Crippen LogP contribution in [0.5, 0.6) is 0 Å². The van der Waals surface area contributed by atoms with Gasteiger partial charge in [0.2, 0.25) is 0 Å². The third kappa shape index (κ3) is 12.8. The topological polar surface area (TPSA) is 165 Å². The maximum Gasteiger partial charge on any atom is 0.321 e. The summed E-state index contributed by atoms with van der Waals surface area (Å²) in [5, 5.41) is 31.8. The summed E-state index contributed by atoms with van der Waals surface area (Å²) in [7, 11) is 0. The zero-order valence-electron chi connectivity index (χ0n) is 14.1. The van der Waals surface area contributed by atoms with Crippen molar-refractivity contribution in [1.29, 1.82) is 0 Å². The number of hydrogen-bond donors (Lipinski definition) is 5. The summed E-state index contributed by atoms with van der Waals surface area (Å²) in [5.41, 5.74) is 0. The Hall–Kier alpha value is -2.24. The molecule has 0 bridgehead atoms. The van der Waals surface area contributed by atoms with Gasteiger partial charge in [0, 0.05) is 26.2 Å². The number of rotatable bonds is 15. The molecule has 11 heteroatoms. The Labute approximate surface area is 144 Å². The van der Waals surface area contributed by atoms with Gasteiger partial charge in [0.05, 0.1) is 26.1 Å². The van der Waals surface area contributed by atoms with E-state index in [9.17, 15) is 19.2 Å². The molecule has 0 aliphatic carbocycles. The molecule has 5 N–H and O–H groups in total. The highest BCUT2D eigenvalue weighted by Crippen LogP contribution is 1.92. The maximum atomic E-state index is 11.4. The Morgan fingerprint density at radius 1 is 1.00 bits per heavy atom. The SMILES string of the molecule is CCOC(=O)CN(CCNCCNC(CC(=O)O)C(=O)O)CC(=O)O. The molecule has 0 heterocycles. The van der Waals surface area contributed by atoms with Crippen LogP contribution in [0.3, 0.4) is 0 Å². The molecule has 0 saturated heterocycles. The molecule has 0 aromatic carbocycles. The fourth-order valence-corrected chi connectivity index (χ4v) is 1.91. The molecule has 0 aromatic rings. The molecule has 0 amide bonds. The van der Waals surface area contributed by atoms with Crippen LogP contribution in [0.2, 0.25) is 0 Å². The van der Waals surface area contributed by atoms with Gasteiger partial charge in [-0.25, -0.2) is 0 Å². The van der Waals surface area contributed by atoms with Gasteiger partial charge < -0.3 is 30.7 Å². The monoisotopic (exact) mass is 363 g/mol. The first-order valence-corrected chi connectivity index (χ1v) is 7.74. The van der Waals surface area contributed by atoms with Gasteiger partial charge in [-0.3, -0.25) is 24.1 Å². The van der Waals surface area contributed by atoms with Crippen molar-refractivity contribution in [1.82, 2.24) is 15.5 Å². The van der Waals surface area contributed by atoms with Crippen LogP contribution >= 0.6 is 0 Å². The van der Waals surface area contributed by atoms with Crippen molar-refractivity contribution >= 4 is 23.9 Å². The van der Waals surface area contributed by atoms with Crippen LogP contribution < -0.4 is 10.6 Å². The summed E-state index contributed by atoms with van der Waals surface area (Å²) in [4.78, 5) is 45.0. The number of ether oxygens (including phenoxy) is 1. The van der Waals surface area contributed by atoms with Crippen LogP contribution in [0.1, 0.15) is 13.3 Å². The lowest BCUT2D eigenvalue weighted by atomic mass is 10.2. The van der Waals surface area contributed by atoms with E-state index in [4.69, 9.17) is 20.1 Å². The van der Waals surface area contributed by atoms with Crippen molar-refractivity contribution in [3.63, 3.8) is 0 Å². The minimum atomic E-state index is -1.25. The third-order valence-corrected chi connectivity index (χ3v) is 2.99. The number of carboxylic acids is 3. The molecule has 0 spiro atoms. The molecule has 0 rings (SSSR count). The van der Waals surface area contributed by atoms with Crippen molar-refractivity contribution < 1.29 is 39.2 Å². The number of carbonyl (C=O) groups is 4. The summed E-state index contributed by atoms with van der Waals surface area (Å²) in [6.45, 7) is 2.64. The number of carboxylic acid groups (broad SMARTS) is 3. The molecule has 11 nitrogen and oxygen atoms in total. The average molecular weight is 363 g/mol. The molecule has 0 fully saturated rings. The number of hydrogen-bond acceptors (Lipinski definition) is 8. The number of carbonyl (C=O) groups excluding carboxylic acids is 1. The van der Waals surface area contributed by atoms with E-state index in [1.807, 2.05) is 0 Å². The standard InChI is InChI=1S/C14H25N3O8/c1-2-25-13(22)9-17(8-12(20)21)6-5-15-3-4-16-10(14(23)24)7-11(18)19/h10,15-16H,2-9H2,1H3,(H,18,19)(H,20,21)(H,23,24). The predicted molar refractivity (Wildman–Crippen MR) is 85.3 cm³/mol. The first-order valence-electron chi connectivity index (χ1n) is 7.74. The minimum Gasteiger partial charge on any atom is -0.481 e. The van der Waals surface area contributed by atoms with E-state index in [-0.39, 0.29) is 32.8 Å². The Morgan fingerprint density at radius 3 is 2.20 bits per heavy atom. The van der Waals surface area contributed by atoms with Gasteiger partial charge in [0.15, 0.2) is 0 Å². The molecule has 144 valence electrons. The number of esters is 1. The number of aliphatic carboxylic acids is 3. The molecule has 0 radical (unpaired) electrons. The second-order valence-corrected chi connectivity index (χ2v) is 5.10. The van der Waals surface area contributed by atoms with E-state index in [2.05, 4.69) is 10.6 Å². The summed E-state index contributed by atoms with van der Waals surface area (Å²) in [5.74, 6) is -4.03. The average Bonchev–Trinajstić information content (AvgIpc) is 2.48. The second-order valence-electron chi connectivity index (χ2n) is 5.10. The van der Waals surface area contributed by atoms with Crippen LogP contribution in [-0.4, -0.2) is 96.0 Å². The molecule has 25 heavy (non-hydrogen) atoms. The van der Waals surface area contributed by atoms with E-state index in [0.29, 0.717) is 13.1 Å². The first-order chi connectivity index (χ1) is 11.8.